The zero-order valence-corrected chi connectivity index (χ0v) is 17.3. The van der Waals surface area contributed by atoms with Crippen molar-refractivity contribution < 1.29 is 26.4 Å². The number of benzene rings is 1. The van der Waals surface area contributed by atoms with Crippen LogP contribution in [0.5, 0.6) is 0 Å². The minimum atomic E-state index is -4.68. The lowest BCUT2D eigenvalue weighted by molar-refractivity contribution is -0.137. The molecule has 0 unspecified atom stereocenters. The predicted molar refractivity (Wildman–Crippen MR) is 105 cm³/mol. The number of anilines is 1. The third kappa shape index (κ3) is 4.48. The number of hydrogen-bond acceptors (Lipinski definition) is 5. The summed E-state index contributed by atoms with van der Waals surface area (Å²) in [4.78, 5) is 12.3. The largest absolute Gasteiger partial charge is 0.417 e. The lowest BCUT2D eigenvalue weighted by Gasteiger charge is -2.25. The first-order valence-corrected chi connectivity index (χ1v) is 11.8. The number of rotatable bonds is 4. The molecule has 0 radical (unpaired) electrons. The summed E-state index contributed by atoms with van der Waals surface area (Å²) in [5.41, 5.74) is -1.22. The summed E-state index contributed by atoms with van der Waals surface area (Å²) < 4.78 is 65.9. The van der Waals surface area contributed by atoms with E-state index in [-0.39, 0.29) is 15.5 Å². The van der Waals surface area contributed by atoms with Crippen LogP contribution < -0.4 is 5.32 Å². The Morgan fingerprint density at radius 2 is 1.86 bits per heavy atom. The van der Waals surface area contributed by atoms with Gasteiger partial charge in [0.25, 0.3) is 5.91 Å². The van der Waals surface area contributed by atoms with Crippen molar-refractivity contribution in [1.29, 1.82) is 0 Å². The van der Waals surface area contributed by atoms with Gasteiger partial charge in [-0.05, 0) is 29.6 Å². The summed E-state index contributed by atoms with van der Waals surface area (Å²) in [5, 5.41) is 3.29. The summed E-state index contributed by atoms with van der Waals surface area (Å²) in [6, 6.07) is 4.29. The number of carbonyl (C=O) groups excluding carboxylic acids is 1. The number of thiophene rings is 1. The Balaban J connectivity index is 1.87. The van der Waals surface area contributed by atoms with E-state index in [4.69, 9.17) is 11.6 Å². The lowest BCUT2D eigenvalue weighted by atomic mass is 10.2. The molecule has 0 atom stereocenters. The molecule has 5 nitrogen and oxygen atoms in total. The molecule has 152 valence electrons. The first-order valence-electron chi connectivity index (χ1n) is 7.94. The molecule has 1 N–H and O–H groups in total. The van der Waals surface area contributed by atoms with Crippen LogP contribution in [-0.2, 0) is 16.2 Å². The third-order valence-corrected chi connectivity index (χ3v) is 8.21. The highest BCUT2D eigenvalue weighted by molar-refractivity contribution is 7.99. The minimum Gasteiger partial charge on any atom is -0.321 e. The number of thioether (sulfide) groups is 1. The van der Waals surface area contributed by atoms with Gasteiger partial charge < -0.3 is 5.32 Å². The second-order valence-corrected chi connectivity index (χ2v) is 10.2. The molecule has 2 heterocycles. The van der Waals surface area contributed by atoms with E-state index >= 15 is 0 Å². The summed E-state index contributed by atoms with van der Waals surface area (Å²) in [5.74, 6) is 0.529. The summed E-state index contributed by atoms with van der Waals surface area (Å²) in [6.45, 7) is 0.687. The van der Waals surface area contributed by atoms with Crippen molar-refractivity contribution in [2.75, 3.05) is 29.9 Å². The standard InChI is InChI=1S/C16H14ClF3N2O3S3/c17-12-2-1-10(9-11(12)16(18,19)20)21-15(23)14-13(3-6-27-14)28(24,25)22-4-7-26-8-5-22/h1-3,6,9H,4-5,7-8H2,(H,21,23). The zero-order valence-electron chi connectivity index (χ0n) is 14.1. The molecule has 0 saturated carbocycles. The van der Waals surface area contributed by atoms with Gasteiger partial charge in [-0.1, -0.05) is 11.6 Å². The molecular formula is C16H14ClF3N2O3S3. The van der Waals surface area contributed by atoms with Gasteiger partial charge in [0.15, 0.2) is 0 Å². The molecule has 3 rings (SSSR count). The van der Waals surface area contributed by atoms with Gasteiger partial charge in [0, 0.05) is 30.3 Å². The first kappa shape index (κ1) is 21.4. The van der Waals surface area contributed by atoms with Gasteiger partial charge in [0.2, 0.25) is 10.0 Å². The lowest BCUT2D eigenvalue weighted by Crippen LogP contribution is -2.38. The Bertz CT molecular complexity index is 987. The molecule has 1 saturated heterocycles. The predicted octanol–water partition coefficient (Wildman–Crippen LogP) is 4.41. The van der Waals surface area contributed by atoms with Crippen LogP contribution in [0, 0.1) is 0 Å². The summed E-state index contributed by atoms with van der Waals surface area (Å²) >= 11 is 8.12. The van der Waals surface area contributed by atoms with Crippen LogP contribution in [0.25, 0.3) is 0 Å². The summed E-state index contributed by atoms with van der Waals surface area (Å²) in [6.07, 6.45) is -4.68. The van der Waals surface area contributed by atoms with E-state index in [0.29, 0.717) is 30.7 Å². The maximum absolute atomic E-state index is 13.0. The van der Waals surface area contributed by atoms with Crippen molar-refractivity contribution in [2.45, 2.75) is 11.1 Å². The van der Waals surface area contributed by atoms with Crippen molar-refractivity contribution in [3.05, 3.63) is 45.1 Å². The Kier molecular flexibility index (Phi) is 6.30. The van der Waals surface area contributed by atoms with Crippen molar-refractivity contribution in [3.63, 3.8) is 0 Å². The average molecular weight is 471 g/mol. The first-order chi connectivity index (χ1) is 13.1. The van der Waals surface area contributed by atoms with Gasteiger partial charge in [0.1, 0.15) is 9.77 Å². The van der Waals surface area contributed by atoms with Gasteiger partial charge in [-0.15, -0.1) is 11.3 Å². The van der Waals surface area contributed by atoms with Crippen LogP contribution >= 0.6 is 34.7 Å². The second kappa shape index (κ2) is 8.23. The number of sulfonamides is 1. The number of halogens is 4. The molecule has 28 heavy (non-hydrogen) atoms. The van der Waals surface area contributed by atoms with Crippen molar-refractivity contribution in [3.8, 4) is 0 Å². The van der Waals surface area contributed by atoms with Crippen LogP contribution in [-0.4, -0.2) is 43.2 Å². The van der Waals surface area contributed by atoms with E-state index in [1.54, 1.807) is 11.8 Å². The molecule has 1 fully saturated rings. The van der Waals surface area contributed by atoms with E-state index in [1.165, 1.54) is 21.8 Å². The number of nitrogens with zero attached hydrogens (tertiary/aromatic N) is 1. The number of alkyl halides is 3. The molecule has 1 aliphatic heterocycles. The Morgan fingerprint density at radius 1 is 1.18 bits per heavy atom. The Morgan fingerprint density at radius 3 is 2.50 bits per heavy atom. The number of hydrogen-bond donors (Lipinski definition) is 1. The van der Waals surface area contributed by atoms with Gasteiger partial charge >= 0.3 is 6.18 Å². The molecule has 1 aromatic heterocycles. The smallest absolute Gasteiger partial charge is 0.321 e. The van der Waals surface area contributed by atoms with Crippen molar-refractivity contribution >= 4 is 56.3 Å². The molecule has 0 aliphatic carbocycles. The molecular weight excluding hydrogens is 457 g/mol. The highest BCUT2D eigenvalue weighted by Gasteiger charge is 2.34. The zero-order chi connectivity index (χ0) is 20.5. The number of amides is 1. The SMILES string of the molecule is O=C(Nc1ccc(Cl)c(C(F)(F)F)c1)c1sccc1S(=O)(=O)N1CCSCC1. The van der Waals surface area contributed by atoms with E-state index in [0.717, 1.165) is 17.4 Å². The average Bonchev–Trinajstić information content (AvgIpc) is 3.14. The quantitative estimate of drug-likeness (QED) is 0.718. The van der Waals surface area contributed by atoms with Crippen LogP contribution in [0.2, 0.25) is 5.02 Å². The van der Waals surface area contributed by atoms with E-state index in [2.05, 4.69) is 5.32 Å². The van der Waals surface area contributed by atoms with Crippen molar-refractivity contribution in [2.24, 2.45) is 0 Å². The van der Waals surface area contributed by atoms with Crippen LogP contribution in [0.1, 0.15) is 15.2 Å². The maximum Gasteiger partial charge on any atom is 0.417 e. The van der Waals surface area contributed by atoms with Crippen molar-refractivity contribution in [1.82, 2.24) is 4.31 Å². The van der Waals surface area contributed by atoms with Crippen LogP contribution in [0.4, 0.5) is 18.9 Å². The second-order valence-electron chi connectivity index (χ2n) is 5.78. The molecule has 1 amide bonds. The Hall–Kier alpha value is -1.27. The van der Waals surface area contributed by atoms with Gasteiger partial charge in [-0.25, -0.2) is 8.42 Å². The van der Waals surface area contributed by atoms with E-state index in [1.807, 2.05) is 0 Å². The van der Waals surface area contributed by atoms with Gasteiger partial charge in [-0.2, -0.15) is 29.2 Å². The van der Waals surface area contributed by atoms with Crippen LogP contribution in [0.3, 0.4) is 0 Å². The minimum absolute atomic E-state index is 0.0817. The highest BCUT2D eigenvalue weighted by Crippen LogP contribution is 2.36. The number of carbonyl (C=O) groups is 1. The molecule has 0 spiro atoms. The maximum atomic E-state index is 13.0. The summed E-state index contributed by atoms with van der Waals surface area (Å²) in [7, 11) is -3.86. The molecule has 0 bridgehead atoms. The fraction of sp³-hybridized carbons (Fsp3) is 0.312. The van der Waals surface area contributed by atoms with Crippen LogP contribution in [0.15, 0.2) is 34.5 Å². The fourth-order valence-electron chi connectivity index (χ4n) is 2.60. The third-order valence-electron chi connectivity index (χ3n) is 3.95. The van der Waals surface area contributed by atoms with E-state index < -0.39 is 32.7 Å². The molecule has 1 aromatic carbocycles. The number of nitrogens with one attached hydrogen (secondary N) is 1. The molecule has 2 aromatic rings. The normalized spacial score (nSPS) is 16.1. The van der Waals surface area contributed by atoms with Gasteiger partial charge in [-0.3, -0.25) is 4.79 Å². The monoisotopic (exact) mass is 470 g/mol. The van der Waals surface area contributed by atoms with Gasteiger partial charge in [0.05, 0.1) is 10.6 Å². The topological polar surface area (TPSA) is 66.5 Å². The fourth-order valence-corrected chi connectivity index (χ4v) is 6.70. The highest BCUT2D eigenvalue weighted by atomic mass is 35.5. The Labute approximate surface area is 172 Å². The molecule has 1 aliphatic rings. The molecule has 12 heteroatoms. The van der Waals surface area contributed by atoms with E-state index in [9.17, 15) is 26.4 Å².